The Morgan fingerprint density at radius 3 is 2.45 bits per heavy atom. The normalized spacial score (nSPS) is 21.8. The fourth-order valence-electron chi connectivity index (χ4n) is 8.26. The SMILES string of the molecule is COc1cccc(CN(C(=O)C2=C(c3ccc(CCCOc4c(F)ccc(F)c4Cl)cc3)CC3CC(C(=O)N4CCC(O)CC4)CC2N3)C2CC2)c1C. The number of methoxy groups -OCH3 is 1. The number of hydrogen-bond donors (Lipinski definition) is 2. The van der Waals surface area contributed by atoms with Crippen molar-refractivity contribution in [3.05, 3.63) is 99.1 Å². The van der Waals surface area contributed by atoms with Crippen LogP contribution >= 0.6 is 11.6 Å². The molecule has 7 rings (SSSR count). The first kappa shape index (κ1) is 37.3. The number of likely N-dealkylation sites (tertiary alicyclic amines) is 1. The molecule has 3 aliphatic heterocycles. The van der Waals surface area contributed by atoms with E-state index in [1.807, 2.05) is 41.0 Å². The molecule has 282 valence electrons. The maximum absolute atomic E-state index is 15.0. The molecule has 1 saturated carbocycles. The zero-order valence-corrected chi connectivity index (χ0v) is 31.1. The average molecular weight is 748 g/mol. The Bertz CT molecular complexity index is 1860. The highest BCUT2D eigenvalue weighted by molar-refractivity contribution is 6.32. The zero-order chi connectivity index (χ0) is 37.2. The number of hydrogen-bond acceptors (Lipinski definition) is 6. The van der Waals surface area contributed by atoms with Crippen molar-refractivity contribution in [2.45, 2.75) is 95.5 Å². The molecule has 8 nitrogen and oxygen atoms in total. The van der Waals surface area contributed by atoms with Crippen LogP contribution in [0.5, 0.6) is 11.5 Å². The van der Waals surface area contributed by atoms with Gasteiger partial charge in [-0.05, 0) is 111 Å². The molecule has 11 heteroatoms. The highest BCUT2D eigenvalue weighted by Crippen LogP contribution is 2.42. The number of aryl methyl sites for hydroxylation is 1. The first-order chi connectivity index (χ1) is 25.6. The number of halogens is 3. The van der Waals surface area contributed by atoms with Gasteiger partial charge in [0.1, 0.15) is 16.6 Å². The maximum Gasteiger partial charge on any atom is 0.252 e. The largest absolute Gasteiger partial charge is 0.496 e. The number of nitrogens with zero attached hydrogens (tertiary/aromatic N) is 2. The van der Waals surface area contributed by atoms with Gasteiger partial charge in [0.15, 0.2) is 11.6 Å². The summed E-state index contributed by atoms with van der Waals surface area (Å²) in [4.78, 5) is 32.7. The monoisotopic (exact) mass is 747 g/mol. The third kappa shape index (κ3) is 8.25. The zero-order valence-electron chi connectivity index (χ0n) is 30.4. The molecule has 1 aliphatic carbocycles. The Balaban J connectivity index is 1.14. The number of aliphatic hydroxyl groups is 1. The Hall–Kier alpha value is -3.99. The predicted octanol–water partition coefficient (Wildman–Crippen LogP) is 7.02. The van der Waals surface area contributed by atoms with Crippen molar-refractivity contribution >= 4 is 29.0 Å². The number of benzene rings is 3. The topological polar surface area (TPSA) is 91.3 Å². The van der Waals surface area contributed by atoms with Crippen LogP contribution in [-0.4, -0.2) is 77.8 Å². The molecule has 0 radical (unpaired) electrons. The fourth-order valence-corrected chi connectivity index (χ4v) is 8.47. The molecular weight excluding hydrogens is 700 g/mol. The van der Waals surface area contributed by atoms with Crippen LogP contribution < -0.4 is 14.8 Å². The number of nitrogens with one attached hydrogen (secondary N) is 1. The fraction of sp³-hybridized carbons (Fsp3) is 0.476. The van der Waals surface area contributed by atoms with Gasteiger partial charge in [-0.2, -0.15) is 0 Å². The van der Waals surface area contributed by atoms with E-state index < -0.39 is 11.6 Å². The van der Waals surface area contributed by atoms with Crippen LogP contribution in [0, 0.1) is 24.5 Å². The lowest BCUT2D eigenvalue weighted by Crippen LogP contribution is -2.56. The summed E-state index contributed by atoms with van der Waals surface area (Å²) in [6, 6.07) is 16.1. The Morgan fingerprint density at radius 1 is 1.00 bits per heavy atom. The van der Waals surface area contributed by atoms with Crippen molar-refractivity contribution in [3.8, 4) is 11.5 Å². The number of aliphatic hydroxyl groups excluding tert-OH is 1. The lowest BCUT2D eigenvalue weighted by atomic mass is 9.74. The van der Waals surface area contributed by atoms with Crippen LogP contribution in [0.3, 0.4) is 0 Å². The van der Waals surface area contributed by atoms with Crippen molar-refractivity contribution in [2.24, 2.45) is 5.92 Å². The summed E-state index contributed by atoms with van der Waals surface area (Å²) in [7, 11) is 1.66. The van der Waals surface area contributed by atoms with Crippen molar-refractivity contribution in [3.63, 3.8) is 0 Å². The molecule has 3 heterocycles. The Kier molecular flexibility index (Phi) is 11.4. The van der Waals surface area contributed by atoms with Gasteiger partial charge in [-0.1, -0.05) is 48.0 Å². The van der Waals surface area contributed by atoms with Crippen LogP contribution in [0.1, 0.15) is 73.6 Å². The molecule has 3 fully saturated rings. The second kappa shape index (κ2) is 16.2. The second-order valence-electron chi connectivity index (χ2n) is 15.0. The van der Waals surface area contributed by atoms with Crippen LogP contribution in [-0.2, 0) is 22.6 Å². The molecule has 2 bridgehead atoms. The van der Waals surface area contributed by atoms with Gasteiger partial charge in [0.2, 0.25) is 5.91 Å². The lowest BCUT2D eigenvalue weighted by Gasteiger charge is -2.44. The summed E-state index contributed by atoms with van der Waals surface area (Å²) >= 11 is 5.91. The number of carbonyl (C=O) groups excluding carboxylic acids is 2. The van der Waals surface area contributed by atoms with E-state index in [1.54, 1.807) is 7.11 Å². The highest BCUT2D eigenvalue weighted by Gasteiger charge is 2.45. The molecule has 2 saturated heterocycles. The van der Waals surface area contributed by atoms with Gasteiger partial charge in [0, 0.05) is 49.3 Å². The molecular formula is C42H48ClF2N3O5. The van der Waals surface area contributed by atoms with Gasteiger partial charge >= 0.3 is 0 Å². The van der Waals surface area contributed by atoms with Gasteiger partial charge in [-0.3, -0.25) is 9.59 Å². The van der Waals surface area contributed by atoms with E-state index in [4.69, 9.17) is 21.1 Å². The first-order valence-electron chi connectivity index (χ1n) is 18.9. The van der Waals surface area contributed by atoms with Crippen molar-refractivity contribution < 1.29 is 33.0 Å². The summed E-state index contributed by atoms with van der Waals surface area (Å²) < 4.78 is 39.1. The standard InChI is InChI=1S/C42H48ClF2N3O5/c1-25-28(6-3-7-37(25)52-2)24-48(31-12-13-31)42(51)38-33(23-30-21-29(22-36(38)46-30)41(50)47-18-16-32(49)17-19-47)27-10-8-26(9-11-27)5-4-20-53-40-35(45)15-14-34(44)39(40)43/h3,6-11,14-15,29-32,36,46,49H,4-5,12-13,16-24H2,1-2H3. The number of ether oxygens (including phenoxy) is 2. The molecule has 3 atom stereocenters. The smallest absolute Gasteiger partial charge is 0.252 e. The summed E-state index contributed by atoms with van der Waals surface area (Å²) in [5.74, 6) is -0.961. The minimum atomic E-state index is -0.728. The highest BCUT2D eigenvalue weighted by atomic mass is 35.5. The molecule has 3 aromatic carbocycles. The number of fused-ring (bicyclic) bond motifs is 2. The molecule has 53 heavy (non-hydrogen) atoms. The van der Waals surface area contributed by atoms with Crippen molar-refractivity contribution in [2.75, 3.05) is 26.8 Å². The molecule has 2 N–H and O–H groups in total. The van der Waals surface area contributed by atoms with Crippen LogP contribution in [0.15, 0.2) is 60.2 Å². The second-order valence-corrected chi connectivity index (χ2v) is 15.3. The summed E-state index contributed by atoms with van der Waals surface area (Å²) in [5.41, 5.74) is 5.88. The quantitative estimate of drug-likeness (QED) is 0.153. The molecule has 2 amide bonds. The van der Waals surface area contributed by atoms with Gasteiger partial charge < -0.3 is 29.7 Å². The van der Waals surface area contributed by atoms with E-state index in [0.717, 1.165) is 64.1 Å². The molecule has 4 aliphatic rings. The molecule has 0 aromatic heterocycles. The van der Waals surface area contributed by atoms with E-state index in [9.17, 15) is 23.5 Å². The summed E-state index contributed by atoms with van der Waals surface area (Å²) in [6.07, 6.45) is 5.84. The number of amides is 2. The summed E-state index contributed by atoms with van der Waals surface area (Å²) in [5, 5.41) is 13.4. The van der Waals surface area contributed by atoms with E-state index in [1.165, 1.54) is 0 Å². The third-order valence-electron chi connectivity index (χ3n) is 11.4. The van der Waals surface area contributed by atoms with Gasteiger partial charge in [0.25, 0.3) is 5.91 Å². The number of carbonyl (C=O) groups is 2. The van der Waals surface area contributed by atoms with Gasteiger partial charge in [-0.15, -0.1) is 0 Å². The van der Waals surface area contributed by atoms with E-state index in [2.05, 4.69) is 23.5 Å². The van der Waals surface area contributed by atoms with Crippen molar-refractivity contribution in [1.82, 2.24) is 15.1 Å². The minimum Gasteiger partial charge on any atom is -0.496 e. The number of piperidine rings is 2. The van der Waals surface area contributed by atoms with Crippen LogP contribution in [0.2, 0.25) is 5.02 Å². The minimum absolute atomic E-state index is 0.0133. The van der Waals surface area contributed by atoms with Gasteiger partial charge in [-0.25, -0.2) is 8.78 Å². The Morgan fingerprint density at radius 2 is 1.74 bits per heavy atom. The predicted molar refractivity (Wildman–Crippen MR) is 200 cm³/mol. The maximum atomic E-state index is 15.0. The molecule has 3 aromatic rings. The lowest BCUT2D eigenvalue weighted by molar-refractivity contribution is -0.139. The summed E-state index contributed by atoms with van der Waals surface area (Å²) in [6.45, 7) is 3.80. The van der Waals surface area contributed by atoms with Crippen LogP contribution in [0.25, 0.3) is 5.57 Å². The van der Waals surface area contributed by atoms with Crippen LogP contribution in [0.4, 0.5) is 8.78 Å². The molecule has 3 unspecified atom stereocenters. The van der Waals surface area contributed by atoms with E-state index in [0.29, 0.717) is 64.6 Å². The number of rotatable bonds is 12. The van der Waals surface area contributed by atoms with E-state index >= 15 is 0 Å². The Labute approximate surface area is 315 Å². The van der Waals surface area contributed by atoms with E-state index in [-0.39, 0.29) is 59.3 Å². The van der Waals surface area contributed by atoms with Gasteiger partial charge in [0.05, 0.1) is 19.8 Å². The first-order valence-corrected chi connectivity index (χ1v) is 19.2. The average Bonchev–Trinajstić information content (AvgIpc) is 4.01. The molecule has 0 spiro atoms. The third-order valence-corrected chi connectivity index (χ3v) is 11.7. The van der Waals surface area contributed by atoms with Crippen molar-refractivity contribution in [1.29, 1.82) is 0 Å².